The van der Waals surface area contributed by atoms with Crippen molar-refractivity contribution in [1.82, 2.24) is 0 Å². The Hall–Kier alpha value is -0.610. The van der Waals surface area contributed by atoms with Crippen LogP contribution < -0.4 is 5.73 Å². The Bertz CT molecular complexity index is 172. The Morgan fingerprint density at radius 1 is 1.46 bits per heavy atom. The molecule has 1 fully saturated rings. The third kappa shape index (κ3) is 3.74. The van der Waals surface area contributed by atoms with E-state index in [9.17, 15) is 4.79 Å². The van der Waals surface area contributed by atoms with Gasteiger partial charge in [0.15, 0.2) is 0 Å². The van der Waals surface area contributed by atoms with Crippen molar-refractivity contribution < 1.29 is 14.6 Å². The maximum atomic E-state index is 10.4. The van der Waals surface area contributed by atoms with Crippen LogP contribution in [0.5, 0.6) is 0 Å². The zero-order valence-corrected chi connectivity index (χ0v) is 7.74. The van der Waals surface area contributed by atoms with Crippen LogP contribution in [0.2, 0.25) is 0 Å². The minimum atomic E-state index is -0.739. The fraction of sp³-hybridized carbons (Fsp3) is 0.889. The van der Waals surface area contributed by atoms with Crippen LogP contribution in [0.3, 0.4) is 0 Å². The van der Waals surface area contributed by atoms with Crippen LogP contribution in [0.4, 0.5) is 0 Å². The number of hydrogen-bond acceptors (Lipinski definition) is 3. The van der Waals surface area contributed by atoms with Gasteiger partial charge in [0.1, 0.15) is 0 Å². The second-order valence-corrected chi connectivity index (χ2v) is 3.55. The van der Waals surface area contributed by atoms with E-state index in [4.69, 9.17) is 15.6 Å². The first-order chi connectivity index (χ1) is 6.20. The Kier molecular flexibility index (Phi) is 4.18. The molecule has 0 unspecified atom stereocenters. The summed E-state index contributed by atoms with van der Waals surface area (Å²) < 4.78 is 5.27. The highest BCUT2D eigenvalue weighted by molar-refractivity contribution is 5.66. The van der Waals surface area contributed by atoms with Gasteiger partial charge in [-0.05, 0) is 25.2 Å². The molecule has 4 heteroatoms. The van der Waals surface area contributed by atoms with E-state index in [1.54, 1.807) is 0 Å². The molecule has 0 bridgehead atoms. The molecule has 0 aromatic heterocycles. The lowest BCUT2D eigenvalue weighted by Crippen LogP contribution is -2.30. The number of carboxylic acids is 1. The Morgan fingerprint density at radius 3 is 2.85 bits per heavy atom. The normalized spacial score (nSPS) is 29.6. The predicted octanol–water partition coefficient (Wildman–Crippen LogP) is 0.605. The molecule has 13 heavy (non-hydrogen) atoms. The van der Waals surface area contributed by atoms with Gasteiger partial charge in [-0.25, -0.2) is 0 Å². The molecule has 1 aliphatic rings. The van der Waals surface area contributed by atoms with Crippen molar-refractivity contribution in [2.75, 3.05) is 13.2 Å². The number of nitrogens with two attached hydrogens (primary N) is 1. The van der Waals surface area contributed by atoms with Gasteiger partial charge in [0.05, 0.1) is 0 Å². The minimum absolute atomic E-state index is 0.113. The van der Waals surface area contributed by atoms with E-state index in [1.165, 1.54) is 0 Å². The molecule has 0 aliphatic carbocycles. The van der Waals surface area contributed by atoms with Crippen LogP contribution in [0.15, 0.2) is 0 Å². The zero-order valence-electron chi connectivity index (χ0n) is 7.74. The van der Waals surface area contributed by atoms with E-state index >= 15 is 0 Å². The van der Waals surface area contributed by atoms with E-state index in [1.807, 2.05) is 0 Å². The molecule has 3 N–H and O–H groups in total. The first kappa shape index (κ1) is 10.5. The fourth-order valence-electron chi connectivity index (χ4n) is 1.67. The maximum Gasteiger partial charge on any atom is 0.303 e. The summed E-state index contributed by atoms with van der Waals surface area (Å²) in [5, 5.41) is 8.53. The average Bonchev–Trinajstić information content (AvgIpc) is 2.27. The molecule has 1 aliphatic heterocycles. The van der Waals surface area contributed by atoms with E-state index in [2.05, 4.69) is 0 Å². The maximum absolute atomic E-state index is 10.4. The molecule has 76 valence electrons. The van der Waals surface area contributed by atoms with Gasteiger partial charge in [-0.3, -0.25) is 4.79 Å². The molecule has 1 heterocycles. The topological polar surface area (TPSA) is 72.5 Å². The molecule has 0 aromatic rings. The van der Waals surface area contributed by atoms with Crippen LogP contribution in [0.25, 0.3) is 0 Å². The summed E-state index contributed by atoms with van der Waals surface area (Å²) in [7, 11) is 0. The number of carbonyl (C=O) groups is 1. The third-order valence-electron chi connectivity index (χ3n) is 2.56. The van der Waals surface area contributed by atoms with E-state index in [0.29, 0.717) is 18.9 Å². The molecule has 1 rings (SSSR count). The molecule has 0 amide bonds. The van der Waals surface area contributed by atoms with Crippen molar-refractivity contribution in [2.45, 2.75) is 31.7 Å². The van der Waals surface area contributed by atoms with Crippen LogP contribution in [0.1, 0.15) is 25.7 Å². The molecule has 0 saturated carbocycles. The molecule has 0 aromatic carbocycles. The number of ether oxygens (including phenoxy) is 1. The summed E-state index contributed by atoms with van der Waals surface area (Å²) in [6, 6.07) is 0.113. The van der Waals surface area contributed by atoms with Crippen molar-refractivity contribution in [3.8, 4) is 0 Å². The molecule has 0 radical (unpaired) electrons. The number of rotatable bonds is 3. The summed E-state index contributed by atoms with van der Waals surface area (Å²) in [6.07, 6.45) is 2.65. The zero-order chi connectivity index (χ0) is 9.68. The van der Waals surface area contributed by atoms with Crippen LogP contribution in [-0.4, -0.2) is 30.3 Å². The summed E-state index contributed by atoms with van der Waals surface area (Å²) >= 11 is 0. The summed E-state index contributed by atoms with van der Waals surface area (Å²) in [5.41, 5.74) is 5.89. The van der Waals surface area contributed by atoms with Gasteiger partial charge in [0, 0.05) is 25.7 Å². The highest BCUT2D eigenvalue weighted by atomic mass is 16.5. The highest BCUT2D eigenvalue weighted by Gasteiger charge is 2.20. The number of hydrogen-bond donors (Lipinski definition) is 2. The standard InChI is InChI=1S/C9H17NO3/c10-8-4-6-13-5-3-7(8)1-2-9(11)12/h7-8H,1-6,10H2,(H,11,12)/t7-,8+/m0/s1. The van der Waals surface area contributed by atoms with Gasteiger partial charge in [-0.1, -0.05) is 0 Å². The fourth-order valence-corrected chi connectivity index (χ4v) is 1.67. The first-order valence-corrected chi connectivity index (χ1v) is 4.75. The second kappa shape index (κ2) is 5.19. The predicted molar refractivity (Wildman–Crippen MR) is 48.4 cm³/mol. The van der Waals surface area contributed by atoms with E-state index in [-0.39, 0.29) is 12.5 Å². The summed E-state index contributed by atoms with van der Waals surface area (Å²) in [4.78, 5) is 10.4. The Morgan fingerprint density at radius 2 is 2.15 bits per heavy atom. The first-order valence-electron chi connectivity index (χ1n) is 4.75. The van der Waals surface area contributed by atoms with Crippen molar-refractivity contribution in [2.24, 2.45) is 11.7 Å². The molecular weight excluding hydrogens is 170 g/mol. The van der Waals surface area contributed by atoms with E-state index < -0.39 is 5.97 Å². The lowest BCUT2D eigenvalue weighted by Gasteiger charge is -2.19. The average molecular weight is 187 g/mol. The molecule has 1 saturated heterocycles. The summed E-state index contributed by atoms with van der Waals surface area (Å²) in [5.74, 6) is -0.420. The van der Waals surface area contributed by atoms with Gasteiger partial charge in [-0.15, -0.1) is 0 Å². The smallest absolute Gasteiger partial charge is 0.303 e. The van der Waals surface area contributed by atoms with Gasteiger partial charge in [-0.2, -0.15) is 0 Å². The SMILES string of the molecule is N[C@@H]1CCOCC[C@@H]1CCC(=O)O. The van der Waals surface area contributed by atoms with Crippen LogP contribution in [-0.2, 0) is 9.53 Å². The van der Waals surface area contributed by atoms with Crippen molar-refractivity contribution in [3.05, 3.63) is 0 Å². The molecule has 2 atom stereocenters. The Labute approximate surface area is 78.1 Å². The quantitative estimate of drug-likeness (QED) is 0.678. The number of carboxylic acid groups (broad SMARTS) is 1. The second-order valence-electron chi connectivity index (χ2n) is 3.55. The van der Waals surface area contributed by atoms with Gasteiger partial charge < -0.3 is 15.6 Å². The van der Waals surface area contributed by atoms with E-state index in [0.717, 1.165) is 19.4 Å². The van der Waals surface area contributed by atoms with Crippen LogP contribution >= 0.6 is 0 Å². The van der Waals surface area contributed by atoms with Gasteiger partial charge in [0.2, 0.25) is 0 Å². The van der Waals surface area contributed by atoms with Crippen molar-refractivity contribution in [3.63, 3.8) is 0 Å². The largest absolute Gasteiger partial charge is 0.481 e. The Balaban J connectivity index is 2.31. The minimum Gasteiger partial charge on any atom is -0.481 e. The summed E-state index contributed by atoms with van der Waals surface area (Å²) in [6.45, 7) is 1.43. The molecule has 0 spiro atoms. The lowest BCUT2D eigenvalue weighted by atomic mass is 9.91. The highest BCUT2D eigenvalue weighted by Crippen LogP contribution is 2.19. The monoisotopic (exact) mass is 187 g/mol. The van der Waals surface area contributed by atoms with Crippen molar-refractivity contribution >= 4 is 5.97 Å². The van der Waals surface area contributed by atoms with Crippen LogP contribution in [0, 0.1) is 5.92 Å². The molecular formula is C9H17NO3. The number of aliphatic carboxylic acids is 1. The molecule has 4 nitrogen and oxygen atoms in total. The lowest BCUT2D eigenvalue weighted by molar-refractivity contribution is -0.137. The van der Waals surface area contributed by atoms with Gasteiger partial charge in [0.25, 0.3) is 0 Å². The third-order valence-corrected chi connectivity index (χ3v) is 2.56. The van der Waals surface area contributed by atoms with Gasteiger partial charge >= 0.3 is 5.97 Å². The van der Waals surface area contributed by atoms with Crippen molar-refractivity contribution in [1.29, 1.82) is 0 Å².